The van der Waals surface area contributed by atoms with Gasteiger partial charge in [0.25, 0.3) is 5.91 Å². The predicted molar refractivity (Wildman–Crippen MR) is 95.4 cm³/mol. The fraction of sp³-hybridized carbons (Fsp3) is 0.556. The summed E-state index contributed by atoms with van der Waals surface area (Å²) in [6, 6.07) is 6.19. The zero-order valence-electron chi connectivity index (χ0n) is 13.7. The minimum atomic E-state index is -0.000324. The van der Waals surface area contributed by atoms with Crippen LogP contribution < -0.4 is 10.6 Å². The molecule has 3 aliphatic rings. The quantitative estimate of drug-likeness (QED) is 0.879. The zero-order chi connectivity index (χ0) is 16.5. The number of nitrogens with one attached hydrogen (secondary N) is 2. The molecule has 0 aromatic heterocycles. The number of amides is 2. The Morgan fingerprint density at radius 1 is 1.25 bits per heavy atom. The lowest BCUT2D eigenvalue weighted by Crippen LogP contribution is -2.45. The van der Waals surface area contributed by atoms with Crippen LogP contribution in [0.3, 0.4) is 0 Å². The third-order valence-electron chi connectivity index (χ3n) is 5.03. The summed E-state index contributed by atoms with van der Waals surface area (Å²) in [5.74, 6) is 1.41. The highest BCUT2D eigenvalue weighted by atomic mass is 32.2. The molecule has 0 bridgehead atoms. The van der Waals surface area contributed by atoms with E-state index in [1.165, 1.54) is 24.6 Å². The Hall–Kier alpha value is -1.53. The van der Waals surface area contributed by atoms with Crippen molar-refractivity contribution in [2.24, 2.45) is 5.92 Å². The fourth-order valence-corrected chi connectivity index (χ4v) is 4.13. The van der Waals surface area contributed by atoms with Crippen LogP contribution in [0.1, 0.15) is 36.0 Å². The van der Waals surface area contributed by atoms with Gasteiger partial charge in [-0.25, -0.2) is 0 Å². The van der Waals surface area contributed by atoms with Crippen molar-refractivity contribution in [2.45, 2.75) is 36.6 Å². The Balaban J connectivity index is 1.35. The number of carbonyl (C=O) groups excluding carboxylic acids is 2. The van der Waals surface area contributed by atoms with Gasteiger partial charge >= 0.3 is 0 Å². The third kappa shape index (κ3) is 3.59. The molecule has 128 valence electrons. The molecule has 0 spiro atoms. The van der Waals surface area contributed by atoms with E-state index in [1.54, 1.807) is 0 Å². The molecule has 1 aromatic rings. The minimum Gasteiger partial charge on any atom is -0.339 e. The summed E-state index contributed by atoms with van der Waals surface area (Å²) in [5, 5.41) is 6.50. The molecule has 2 amide bonds. The van der Waals surface area contributed by atoms with E-state index in [1.807, 2.05) is 23.1 Å². The van der Waals surface area contributed by atoms with E-state index in [0.29, 0.717) is 17.4 Å². The van der Waals surface area contributed by atoms with E-state index in [9.17, 15) is 9.59 Å². The van der Waals surface area contributed by atoms with Gasteiger partial charge in [0, 0.05) is 29.6 Å². The molecule has 0 radical (unpaired) electrons. The molecule has 0 atom stereocenters. The van der Waals surface area contributed by atoms with Gasteiger partial charge in [0.1, 0.15) is 0 Å². The summed E-state index contributed by atoms with van der Waals surface area (Å²) in [5.41, 5.74) is 1.43. The molecule has 4 rings (SSSR count). The van der Waals surface area contributed by atoms with Crippen molar-refractivity contribution in [3.05, 3.63) is 23.8 Å². The van der Waals surface area contributed by atoms with Crippen molar-refractivity contribution in [1.29, 1.82) is 0 Å². The Morgan fingerprint density at radius 2 is 2.04 bits per heavy atom. The van der Waals surface area contributed by atoms with E-state index in [4.69, 9.17) is 0 Å². The molecule has 2 fully saturated rings. The van der Waals surface area contributed by atoms with E-state index < -0.39 is 0 Å². The van der Waals surface area contributed by atoms with Crippen molar-refractivity contribution >= 4 is 29.3 Å². The molecule has 1 saturated heterocycles. The summed E-state index contributed by atoms with van der Waals surface area (Å²) in [7, 11) is 0. The summed E-state index contributed by atoms with van der Waals surface area (Å²) >= 11 is 1.52. The van der Waals surface area contributed by atoms with Crippen LogP contribution in [0.2, 0.25) is 0 Å². The molecular weight excluding hydrogens is 322 g/mol. The van der Waals surface area contributed by atoms with Gasteiger partial charge in [-0.05, 0) is 56.3 Å². The average molecular weight is 345 g/mol. The van der Waals surface area contributed by atoms with E-state index in [0.717, 1.165) is 49.0 Å². The third-order valence-corrected chi connectivity index (χ3v) is 6.11. The van der Waals surface area contributed by atoms with Gasteiger partial charge in [-0.3, -0.25) is 9.59 Å². The Kier molecular flexibility index (Phi) is 4.50. The van der Waals surface area contributed by atoms with Crippen LogP contribution in [0.15, 0.2) is 23.1 Å². The number of benzene rings is 1. The number of hydrogen-bond acceptors (Lipinski definition) is 4. The van der Waals surface area contributed by atoms with Crippen LogP contribution in [0.4, 0.5) is 5.69 Å². The van der Waals surface area contributed by atoms with Crippen molar-refractivity contribution in [1.82, 2.24) is 10.2 Å². The lowest BCUT2D eigenvalue weighted by atomic mass is 10.0. The molecule has 0 unspecified atom stereocenters. The first-order chi connectivity index (χ1) is 11.7. The molecule has 1 aromatic carbocycles. The number of nitrogens with zero attached hydrogens (tertiary/aromatic N) is 1. The topological polar surface area (TPSA) is 61.4 Å². The summed E-state index contributed by atoms with van der Waals surface area (Å²) in [6.07, 6.45) is 4.79. The van der Waals surface area contributed by atoms with Crippen LogP contribution >= 0.6 is 11.8 Å². The number of thioether (sulfide) groups is 1. The average Bonchev–Trinajstić information content (AvgIpc) is 3.43. The first kappa shape index (κ1) is 16.0. The highest BCUT2D eigenvalue weighted by Gasteiger charge is 2.27. The van der Waals surface area contributed by atoms with Crippen LogP contribution in [0.25, 0.3) is 0 Å². The molecule has 5 nitrogen and oxygen atoms in total. The number of likely N-dealkylation sites (tertiary alicyclic amines) is 1. The highest BCUT2D eigenvalue weighted by Crippen LogP contribution is 2.32. The maximum atomic E-state index is 12.7. The molecule has 24 heavy (non-hydrogen) atoms. The number of anilines is 1. The SMILES string of the molecule is O=C1CSc2ccc(C(=O)N3CCC(NCC4CC4)CC3)cc2N1. The monoisotopic (exact) mass is 345 g/mol. The molecule has 6 heteroatoms. The first-order valence-electron chi connectivity index (χ1n) is 8.78. The number of carbonyl (C=O) groups is 2. The van der Waals surface area contributed by atoms with Gasteiger partial charge in [0.2, 0.25) is 5.91 Å². The molecular formula is C18H23N3O2S. The normalized spacial score (nSPS) is 21.3. The second kappa shape index (κ2) is 6.76. The van der Waals surface area contributed by atoms with Gasteiger partial charge in [0.05, 0.1) is 11.4 Å². The van der Waals surface area contributed by atoms with Crippen LogP contribution in [-0.2, 0) is 4.79 Å². The van der Waals surface area contributed by atoms with Gasteiger partial charge in [-0.2, -0.15) is 0 Å². The van der Waals surface area contributed by atoms with Crippen molar-refractivity contribution in [3.63, 3.8) is 0 Å². The van der Waals surface area contributed by atoms with Gasteiger partial charge in [-0.15, -0.1) is 11.8 Å². The lowest BCUT2D eigenvalue weighted by Gasteiger charge is -2.33. The minimum absolute atomic E-state index is 0.000324. The maximum Gasteiger partial charge on any atom is 0.253 e. The molecule has 2 aliphatic heterocycles. The van der Waals surface area contributed by atoms with Gasteiger partial charge in [0.15, 0.2) is 0 Å². The number of piperidine rings is 1. The second-order valence-electron chi connectivity index (χ2n) is 6.97. The second-order valence-corrected chi connectivity index (χ2v) is 7.98. The standard InChI is InChI=1S/C18H23N3O2S/c22-17-11-24-16-4-3-13(9-15(16)20-17)18(23)21-7-5-14(6-8-21)19-10-12-1-2-12/h3-4,9,12,14,19H,1-2,5-8,10-11H2,(H,20,22). The first-order valence-corrected chi connectivity index (χ1v) is 9.77. The van der Waals surface area contributed by atoms with E-state index in [2.05, 4.69) is 10.6 Å². The highest BCUT2D eigenvalue weighted by molar-refractivity contribution is 8.00. The number of rotatable bonds is 4. The molecule has 1 aliphatic carbocycles. The molecule has 2 N–H and O–H groups in total. The lowest BCUT2D eigenvalue weighted by molar-refractivity contribution is -0.113. The van der Waals surface area contributed by atoms with E-state index >= 15 is 0 Å². The molecule has 2 heterocycles. The summed E-state index contributed by atoms with van der Waals surface area (Å²) in [4.78, 5) is 27.2. The number of hydrogen-bond donors (Lipinski definition) is 2. The smallest absolute Gasteiger partial charge is 0.253 e. The zero-order valence-corrected chi connectivity index (χ0v) is 14.5. The van der Waals surface area contributed by atoms with Crippen LogP contribution in [0.5, 0.6) is 0 Å². The fourth-order valence-electron chi connectivity index (χ4n) is 3.34. The maximum absolute atomic E-state index is 12.7. The van der Waals surface area contributed by atoms with E-state index in [-0.39, 0.29) is 11.8 Å². The van der Waals surface area contributed by atoms with Crippen LogP contribution in [0, 0.1) is 5.92 Å². The largest absolute Gasteiger partial charge is 0.339 e. The van der Waals surface area contributed by atoms with Crippen LogP contribution in [-0.4, -0.2) is 48.1 Å². The van der Waals surface area contributed by atoms with Crippen molar-refractivity contribution in [3.8, 4) is 0 Å². The molecule has 1 saturated carbocycles. The Bertz CT molecular complexity index is 652. The van der Waals surface area contributed by atoms with Gasteiger partial charge in [-0.1, -0.05) is 0 Å². The van der Waals surface area contributed by atoms with Gasteiger partial charge < -0.3 is 15.5 Å². The number of fused-ring (bicyclic) bond motifs is 1. The van der Waals surface area contributed by atoms with Crippen molar-refractivity contribution < 1.29 is 9.59 Å². The summed E-state index contributed by atoms with van der Waals surface area (Å²) in [6.45, 7) is 2.75. The Labute approximate surface area is 146 Å². The van der Waals surface area contributed by atoms with Crippen molar-refractivity contribution in [2.75, 3.05) is 30.7 Å². The Morgan fingerprint density at radius 3 is 2.79 bits per heavy atom. The predicted octanol–water partition coefficient (Wildman–Crippen LogP) is 2.33. The summed E-state index contributed by atoms with van der Waals surface area (Å²) < 4.78 is 0.